The monoisotopic (exact) mass is 134 g/mol. The Morgan fingerprint density at radius 2 is 3.12 bits per heavy atom. The van der Waals surface area contributed by atoms with E-state index in [1.807, 2.05) is 0 Å². The molecule has 44 valence electrons. The molecule has 3 heteroatoms. The van der Waals surface area contributed by atoms with E-state index in [9.17, 15) is 0 Å². The zero-order chi connectivity index (χ0) is 10.3. The van der Waals surface area contributed by atoms with Gasteiger partial charge in [0.1, 0.15) is 0 Å². The van der Waals surface area contributed by atoms with E-state index in [2.05, 4.69) is 4.98 Å². The summed E-state index contributed by atoms with van der Waals surface area (Å²) in [5.41, 5.74) is -0.261. The van der Waals surface area contributed by atoms with Crippen molar-refractivity contribution in [1.29, 1.82) is 0 Å². The third-order valence-corrected chi connectivity index (χ3v) is 1.27. The summed E-state index contributed by atoms with van der Waals surface area (Å²) in [5, 5.41) is 9.89. The van der Waals surface area contributed by atoms with Crippen molar-refractivity contribution in [2.45, 2.75) is 13.4 Å². The Morgan fingerprint density at radius 1 is 2.25 bits per heavy atom. The van der Waals surface area contributed by atoms with Gasteiger partial charge in [-0.25, -0.2) is 4.98 Å². The molecule has 2 nitrogen and oxygen atoms in total. The number of aryl methyl sites for hydroxylation is 1. The van der Waals surface area contributed by atoms with E-state index in [0.717, 1.165) is 11.3 Å². The minimum atomic E-state index is -2.57. The maximum absolute atomic E-state index is 8.86. The van der Waals surface area contributed by atoms with E-state index in [1.54, 1.807) is 0 Å². The van der Waals surface area contributed by atoms with Crippen LogP contribution in [0.25, 0.3) is 0 Å². The minimum absolute atomic E-state index is 0.166. The number of nitrogens with zero attached hydrogens (tertiary/aromatic N) is 1. The normalized spacial score (nSPS) is 22.4. The van der Waals surface area contributed by atoms with Gasteiger partial charge >= 0.3 is 0 Å². The van der Waals surface area contributed by atoms with Crippen LogP contribution in [-0.4, -0.2) is 10.1 Å². The highest BCUT2D eigenvalue weighted by Crippen LogP contribution is 2.06. The van der Waals surface area contributed by atoms with Crippen LogP contribution in [-0.2, 0) is 6.56 Å². The SMILES string of the molecule is [2H]C([2H])([2H])c1nc(C([2H])([2H])O)cs1. The topological polar surface area (TPSA) is 33.1 Å². The Bertz CT molecular complexity index is 272. The summed E-state index contributed by atoms with van der Waals surface area (Å²) in [6.45, 7) is -4.91. The van der Waals surface area contributed by atoms with E-state index in [0.29, 0.717) is 0 Å². The molecule has 1 rings (SSSR count). The maximum atomic E-state index is 8.86. The predicted molar refractivity (Wildman–Crippen MR) is 32.8 cm³/mol. The molecule has 0 aliphatic heterocycles. The lowest BCUT2D eigenvalue weighted by atomic mass is 10.5. The van der Waals surface area contributed by atoms with E-state index < -0.39 is 13.4 Å². The molecule has 8 heavy (non-hydrogen) atoms. The van der Waals surface area contributed by atoms with Crippen LogP contribution in [0.15, 0.2) is 5.38 Å². The number of hydrogen-bond acceptors (Lipinski definition) is 3. The van der Waals surface area contributed by atoms with Gasteiger partial charge in [-0.2, -0.15) is 0 Å². The van der Waals surface area contributed by atoms with Crippen LogP contribution in [0, 0.1) is 6.85 Å². The third kappa shape index (κ3) is 1.05. The van der Waals surface area contributed by atoms with Crippen molar-refractivity contribution in [3.8, 4) is 0 Å². The minimum Gasteiger partial charge on any atom is -0.390 e. The number of hydrogen-bond donors (Lipinski definition) is 1. The second-order valence-electron chi connectivity index (χ2n) is 1.15. The Kier molecular flexibility index (Phi) is 0.582. The molecule has 0 bridgehead atoms. The summed E-state index contributed by atoms with van der Waals surface area (Å²) in [4.78, 5) is 3.48. The molecule has 0 aliphatic rings. The fraction of sp³-hybridized carbons (Fsp3) is 0.400. The van der Waals surface area contributed by atoms with E-state index in [-0.39, 0.29) is 10.7 Å². The van der Waals surface area contributed by atoms with Gasteiger partial charge in [-0.1, -0.05) is 0 Å². The van der Waals surface area contributed by atoms with Gasteiger partial charge in [0, 0.05) is 9.49 Å². The molecule has 0 atom stereocenters. The van der Waals surface area contributed by atoms with Crippen molar-refractivity contribution < 1.29 is 12.0 Å². The summed E-state index contributed by atoms with van der Waals surface area (Å²) >= 11 is 0.810. The van der Waals surface area contributed by atoms with Gasteiger partial charge in [-0.05, 0) is 6.85 Å². The highest BCUT2D eigenvalue weighted by molar-refractivity contribution is 7.09. The third-order valence-electron chi connectivity index (χ3n) is 0.619. The molecule has 0 saturated heterocycles. The Morgan fingerprint density at radius 3 is 3.50 bits per heavy atom. The fourth-order valence-corrected chi connectivity index (χ4v) is 0.805. The molecule has 0 amide bonds. The van der Waals surface area contributed by atoms with Crippen LogP contribution in [0.1, 0.15) is 17.6 Å². The van der Waals surface area contributed by atoms with Crippen LogP contribution in [0.4, 0.5) is 0 Å². The first-order valence-corrected chi connectivity index (χ1v) is 2.78. The Labute approximate surface area is 58.8 Å². The fourth-order valence-electron chi connectivity index (χ4n) is 0.325. The molecule has 0 fully saturated rings. The zero-order valence-corrected chi connectivity index (χ0v) is 4.70. The summed E-state index contributed by atoms with van der Waals surface area (Å²) in [6.07, 6.45) is 0. The van der Waals surface area contributed by atoms with Crippen molar-refractivity contribution in [2.75, 3.05) is 0 Å². The van der Waals surface area contributed by atoms with Crippen LogP contribution >= 0.6 is 11.3 Å². The van der Waals surface area contributed by atoms with Crippen molar-refractivity contribution in [1.82, 2.24) is 4.98 Å². The van der Waals surface area contributed by atoms with Gasteiger partial charge in [0.05, 0.1) is 20.0 Å². The van der Waals surface area contributed by atoms with Crippen LogP contribution in [0.3, 0.4) is 0 Å². The number of aliphatic hydroxyl groups is 1. The van der Waals surface area contributed by atoms with Crippen molar-refractivity contribution in [3.05, 3.63) is 16.1 Å². The summed E-state index contributed by atoms with van der Waals surface area (Å²) < 4.78 is 34.7. The summed E-state index contributed by atoms with van der Waals surface area (Å²) in [5.74, 6) is 0. The lowest BCUT2D eigenvalue weighted by Crippen LogP contribution is -1.80. The second-order valence-corrected chi connectivity index (χ2v) is 2.01. The molecular formula is C5H7NOS. The lowest BCUT2D eigenvalue weighted by molar-refractivity contribution is 0.277. The molecule has 0 aromatic carbocycles. The lowest BCUT2D eigenvalue weighted by Gasteiger charge is -1.79. The van der Waals surface area contributed by atoms with Crippen molar-refractivity contribution in [3.63, 3.8) is 0 Å². The van der Waals surface area contributed by atoms with Crippen LogP contribution in [0.2, 0.25) is 0 Å². The molecule has 0 spiro atoms. The van der Waals surface area contributed by atoms with Crippen LogP contribution < -0.4 is 0 Å². The van der Waals surface area contributed by atoms with Crippen molar-refractivity contribution >= 4 is 11.3 Å². The van der Waals surface area contributed by atoms with Gasteiger partial charge in [0.15, 0.2) is 0 Å². The quantitative estimate of drug-likeness (QED) is 0.620. The highest BCUT2D eigenvalue weighted by atomic mass is 32.1. The summed E-state index contributed by atoms with van der Waals surface area (Å²) in [7, 11) is 0. The molecule has 0 radical (unpaired) electrons. The van der Waals surface area contributed by atoms with Gasteiger partial charge in [-0.3, -0.25) is 0 Å². The Balaban J connectivity index is 3.01. The van der Waals surface area contributed by atoms with Gasteiger partial charge < -0.3 is 5.11 Å². The first-order chi connectivity index (χ1) is 5.71. The van der Waals surface area contributed by atoms with E-state index in [4.69, 9.17) is 12.0 Å². The van der Waals surface area contributed by atoms with E-state index in [1.165, 1.54) is 5.38 Å². The molecule has 0 unspecified atom stereocenters. The zero-order valence-electron chi connectivity index (χ0n) is 8.88. The van der Waals surface area contributed by atoms with Crippen LogP contribution in [0.5, 0.6) is 0 Å². The van der Waals surface area contributed by atoms with Gasteiger partial charge in [0.25, 0.3) is 0 Å². The average molecular weight is 134 g/mol. The molecule has 1 aromatic rings. The van der Waals surface area contributed by atoms with Gasteiger partial charge in [-0.15, -0.1) is 11.3 Å². The second kappa shape index (κ2) is 2.24. The number of aromatic nitrogens is 1. The first kappa shape index (κ1) is 2.08. The highest BCUT2D eigenvalue weighted by Gasteiger charge is 1.92. The first-order valence-electron chi connectivity index (χ1n) is 4.40. The largest absolute Gasteiger partial charge is 0.390 e. The molecule has 1 heterocycles. The summed E-state index contributed by atoms with van der Waals surface area (Å²) in [6, 6.07) is 0. The Hall–Kier alpha value is -0.410. The predicted octanol–water partition coefficient (Wildman–Crippen LogP) is 0.944. The van der Waals surface area contributed by atoms with Gasteiger partial charge in [0.2, 0.25) is 0 Å². The van der Waals surface area contributed by atoms with E-state index >= 15 is 0 Å². The smallest absolute Gasteiger partial charge is 0.0898 e. The number of thiazole rings is 1. The van der Waals surface area contributed by atoms with Crippen molar-refractivity contribution in [2.24, 2.45) is 0 Å². The number of rotatable bonds is 1. The molecule has 0 aliphatic carbocycles. The molecule has 1 aromatic heterocycles. The standard InChI is InChI=1S/C5H7NOS/c1-4-6-5(2-7)3-8-4/h3,7H,2H2,1H3/i1D3,2D2. The molecule has 0 saturated carbocycles. The average Bonchev–Trinajstić information content (AvgIpc) is 2.28. The molecule has 1 N–H and O–H groups in total. The molecular weight excluding hydrogens is 122 g/mol. The maximum Gasteiger partial charge on any atom is 0.0898 e.